The van der Waals surface area contributed by atoms with Crippen molar-refractivity contribution in [2.24, 2.45) is 4.99 Å². The Balaban J connectivity index is 0.00000242. The van der Waals surface area contributed by atoms with Gasteiger partial charge in [-0.2, -0.15) is 0 Å². The molecule has 0 amide bonds. The summed E-state index contributed by atoms with van der Waals surface area (Å²) >= 11 is 6.10. The van der Waals surface area contributed by atoms with Crippen LogP contribution in [0.2, 0.25) is 5.02 Å². The number of aliphatic imine (C=N–C) groups is 1. The summed E-state index contributed by atoms with van der Waals surface area (Å²) in [6.45, 7) is 7.78. The lowest BCUT2D eigenvalue weighted by Crippen LogP contribution is -2.40. The van der Waals surface area contributed by atoms with E-state index in [9.17, 15) is 0 Å². The van der Waals surface area contributed by atoms with E-state index in [0.29, 0.717) is 17.3 Å². The molecule has 0 aromatic heterocycles. The van der Waals surface area contributed by atoms with Crippen molar-refractivity contribution in [2.45, 2.75) is 32.8 Å². The number of ether oxygens (including phenoxy) is 1. The number of guanidine groups is 1. The first kappa shape index (κ1) is 19.4. The van der Waals surface area contributed by atoms with Crippen molar-refractivity contribution in [1.82, 2.24) is 10.2 Å². The quantitative estimate of drug-likeness (QED) is 0.433. The SMILES string of the molecule is CCNC(=NCC(C)Oc1ccccc1Cl)N1CCCC1.I. The second-order valence-electron chi connectivity index (χ2n) is 5.25. The fraction of sp³-hybridized carbons (Fsp3) is 0.562. The normalized spacial score (nSPS) is 16.1. The molecule has 22 heavy (non-hydrogen) atoms. The molecule has 1 atom stereocenters. The van der Waals surface area contributed by atoms with Crippen molar-refractivity contribution in [1.29, 1.82) is 0 Å². The molecule has 1 fully saturated rings. The highest BCUT2D eigenvalue weighted by Gasteiger charge is 2.16. The predicted octanol–water partition coefficient (Wildman–Crippen LogP) is 3.79. The molecule has 1 unspecified atom stereocenters. The van der Waals surface area contributed by atoms with Gasteiger partial charge < -0.3 is 15.0 Å². The number of rotatable bonds is 5. The van der Waals surface area contributed by atoms with Crippen LogP contribution in [0.5, 0.6) is 5.75 Å². The predicted molar refractivity (Wildman–Crippen MR) is 104 cm³/mol. The molecule has 1 aliphatic rings. The van der Waals surface area contributed by atoms with Gasteiger partial charge in [0.05, 0.1) is 11.6 Å². The molecule has 0 spiro atoms. The molecule has 124 valence electrons. The minimum absolute atomic E-state index is 0. The number of hydrogen-bond donors (Lipinski definition) is 1. The van der Waals surface area contributed by atoms with Gasteiger partial charge in [-0.3, -0.25) is 0 Å². The summed E-state index contributed by atoms with van der Waals surface area (Å²) in [6, 6.07) is 7.54. The third-order valence-electron chi connectivity index (χ3n) is 3.40. The number of halogens is 2. The zero-order chi connectivity index (χ0) is 15.1. The number of likely N-dealkylation sites (tertiary alicyclic amines) is 1. The van der Waals surface area contributed by atoms with Crippen LogP contribution in [-0.4, -0.2) is 43.1 Å². The Morgan fingerprint density at radius 3 is 2.68 bits per heavy atom. The van der Waals surface area contributed by atoms with Crippen molar-refractivity contribution < 1.29 is 4.74 Å². The van der Waals surface area contributed by atoms with E-state index >= 15 is 0 Å². The van der Waals surface area contributed by atoms with Crippen LogP contribution >= 0.6 is 35.6 Å². The van der Waals surface area contributed by atoms with Gasteiger partial charge in [-0.05, 0) is 38.8 Å². The van der Waals surface area contributed by atoms with Crippen molar-refractivity contribution >= 4 is 41.5 Å². The molecule has 2 rings (SSSR count). The second kappa shape index (κ2) is 10.2. The van der Waals surface area contributed by atoms with E-state index in [1.165, 1.54) is 12.8 Å². The zero-order valence-electron chi connectivity index (χ0n) is 13.2. The molecular weight excluding hydrogens is 413 g/mol. The average Bonchev–Trinajstić information content (AvgIpc) is 3.00. The summed E-state index contributed by atoms with van der Waals surface area (Å²) in [5.74, 6) is 1.71. The molecule has 1 saturated heterocycles. The van der Waals surface area contributed by atoms with Crippen LogP contribution in [0.1, 0.15) is 26.7 Å². The third kappa shape index (κ3) is 5.83. The number of hydrogen-bond acceptors (Lipinski definition) is 2. The minimum Gasteiger partial charge on any atom is -0.487 e. The first-order valence-electron chi connectivity index (χ1n) is 7.65. The van der Waals surface area contributed by atoms with Crippen LogP contribution in [0.4, 0.5) is 0 Å². The minimum atomic E-state index is -0.0128. The highest BCUT2D eigenvalue weighted by atomic mass is 127. The van der Waals surface area contributed by atoms with Gasteiger partial charge in [0.2, 0.25) is 0 Å². The lowest BCUT2D eigenvalue weighted by molar-refractivity contribution is 0.230. The zero-order valence-corrected chi connectivity index (χ0v) is 16.3. The Morgan fingerprint density at radius 2 is 2.05 bits per heavy atom. The number of nitrogens with zero attached hydrogens (tertiary/aromatic N) is 2. The van der Waals surface area contributed by atoms with Crippen LogP contribution in [-0.2, 0) is 0 Å². The Hall–Kier alpha value is -0.690. The second-order valence-corrected chi connectivity index (χ2v) is 5.65. The maximum Gasteiger partial charge on any atom is 0.194 e. The fourth-order valence-electron chi connectivity index (χ4n) is 2.36. The Bertz CT molecular complexity index is 478. The van der Waals surface area contributed by atoms with Crippen LogP contribution in [0.3, 0.4) is 0 Å². The standard InChI is InChI=1S/C16H24ClN3O.HI/c1-3-18-16(20-10-6-7-11-20)19-12-13(2)21-15-9-5-4-8-14(15)17;/h4-5,8-9,13H,3,6-7,10-12H2,1-2H3,(H,18,19);1H. The number of nitrogens with one attached hydrogen (secondary N) is 1. The molecule has 0 radical (unpaired) electrons. The molecule has 1 aliphatic heterocycles. The van der Waals surface area contributed by atoms with Gasteiger partial charge in [0.15, 0.2) is 5.96 Å². The molecule has 1 aromatic rings. The Kier molecular flexibility index (Phi) is 8.93. The highest BCUT2D eigenvalue weighted by Crippen LogP contribution is 2.24. The largest absolute Gasteiger partial charge is 0.487 e. The Labute approximate surface area is 155 Å². The van der Waals surface area contributed by atoms with Gasteiger partial charge in [0.1, 0.15) is 11.9 Å². The van der Waals surface area contributed by atoms with Gasteiger partial charge in [-0.1, -0.05) is 23.7 Å². The third-order valence-corrected chi connectivity index (χ3v) is 3.72. The Morgan fingerprint density at radius 1 is 1.36 bits per heavy atom. The number of benzene rings is 1. The van der Waals surface area contributed by atoms with E-state index in [4.69, 9.17) is 16.3 Å². The van der Waals surface area contributed by atoms with E-state index in [1.807, 2.05) is 31.2 Å². The summed E-state index contributed by atoms with van der Waals surface area (Å²) in [7, 11) is 0. The summed E-state index contributed by atoms with van der Waals surface area (Å²) in [6.07, 6.45) is 2.48. The summed E-state index contributed by atoms with van der Waals surface area (Å²) in [5.41, 5.74) is 0. The van der Waals surface area contributed by atoms with Gasteiger partial charge >= 0.3 is 0 Å². The van der Waals surface area contributed by atoms with Crippen LogP contribution < -0.4 is 10.1 Å². The van der Waals surface area contributed by atoms with E-state index in [0.717, 1.165) is 25.6 Å². The van der Waals surface area contributed by atoms with E-state index < -0.39 is 0 Å². The lowest BCUT2D eigenvalue weighted by Gasteiger charge is -2.21. The van der Waals surface area contributed by atoms with Crippen LogP contribution in [0.15, 0.2) is 29.3 Å². The van der Waals surface area contributed by atoms with Gasteiger partial charge in [0.25, 0.3) is 0 Å². The molecule has 6 heteroatoms. The van der Waals surface area contributed by atoms with Gasteiger partial charge in [-0.25, -0.2) is 4.99 Å². The molecule has 0 aliphatic carbocycles. The molecule has 1 aromatic carbocycles. The van der Waals surface area contributed by atoms with Crippen molar-refractivity contribution in [3.8, 4) is 5.75 Å². The molecular formula is C16H25ClIN3O. The number of para-hydroxylation sites is 1. The highest BCUT2D eigenvalue weighted by molar-refractivity contribution is 14.0. The lowest BCUT2D eigenvalue weighted by atomic mass is 10.3. The fourth-order valence-corrected chi connectivity index (χ4v) is 2.54. The monoisotopic (exact) mass is 437 g/mol. The smallest absolute Gasteiger partial charge is 0.194 e. The van der Waals surface area contributed by atoms with Crippen molar-refractivity contribution in [2.75, 3.05) is 26.2 Å². The molecule has 0 bridgehead atoms. The van der Waals surface area contributed by atoms with E-state index in [1.54, 1.807) is 0 Å². The maximum atomic E-state index is 6.10. The topological polar surface area (TPSA) is 36.9 Å². The van der Waals surface area contributed by atoms with Crippen LogP contribution in [0, 0.1) is 0 Å². The van der Waals surface area contributed by atoms with Crippen molar-refractivity contribution in [3.63, 3.8) is 0 Å². The molecule has 1 heterocycles. The summed E-state index contributed by atoms with van der Waals surface area (Å²) in [5, 5.41) is 3.99. The van der Waals surface area contributed by atoms with Gasteiger partial charge in [-0.15, -0.1) is 24.0 Å². The molecule has 4 nitrogen and oxygen atoms in total. The first-order chi connectivity index (χ1) is 10.2. The van der Waals surface area contributed by atoms with Crippen molar-refractivity contribution in [3.05, 3.63) is 29.3 Å². The summed E-state index contributed by atoms with van der Waals surface area (Å²) in [4.78, 5) is 7.00. The maximum absolute atomic E-state index is 6.10. The van der Waals surface area contributed by atoms with E-state index in [-0.39, 0.29) is 30.1 Å². The van der Waals surface area contributed by atoms with Crippen LogP contribution in [0.25, 0.3) is 0 Å². The average molecular weight is 438 g/mol. The molecule has 1 N–H and O–H groups in total. The van der Waals surface area contributed by atoms with Gasteiger partial charge in [0, 0.05) is 19.6 Å². The van der Waals surface area contributed by atoms with E-state index in [2.05, 4.69) is 22.1 Å². The molecule has 0 saturated carbocycles. The summed E-state index contributed by atoms with van der Waals surface area (Å²) < 4.78 is 5.85. The first-order valence-corrected chi connectivity index (χ1v) is 8.03.